The third kappa shape index (κ3) is 3.46. The molecule has 0 aromatic carbocycles. The quantitative estimate of drug-likeness (QED) is 0.788. The van der Waals surface area contributed by atoms with Crippen LogP contribution in [0, 0.1) is 0 Å². The molecule has 0 bridgehead atoms. The number of rotatable bonds is 5. The molecule has 0 spiro atoms. The monoisotopic (exact) mass is 239 g/mol. The predicted octanol–water partition coefficient (Wildman–Crippen LogP) is 1.51. The molecule has 92 valence electrons. The fraction of sp³-hybridized carbons (Fsp3) is 0.750. The lowest BCUT2D eigenvalue weighted by molar-refractivity contribution is -0.159. The molecule has 0 amide bonds. The maximum Gasteiger partial charge on any atom is 0.471 e. The van der Waals surface area contributed by atoms with E-state index in [1.54, 1.807) is 0 Å². The van der Waals surface area contributed by atoms with Crippen LogP contribution in [0.1, 0.15) is 31.1 Å². The van der Waals surface area contributed by atoms with Crippen molar-refractivity contribution in [3.8, 4) is 0 Å². The molecular formula is C8H12F3N3O2. The van der Waals surface area contributed by atoms with Crippen molar-refractivity contribution in [1.82, 2.24) is 10.1 Å². The van der Waals surface area contributed by atoms with E-state index in [0.717, 1.165) is 6.42 Å². The number of nitrogens with zero attached hydrogens (tertiary/aromatic N) is 2. The summed E-state index contributed by atoms with van der Waals surface area (Å²) in [4.78, 5) is 3.15. The molecule has 1 aromatic heterocycles. The number of hydrogen-bond acceptors (Lipinski definition) is 5. The molecule has 0 saturated heterocycles. The van der Waals surface area contributed by atoms with Gasteiger partial charge in [0.25, 0.3) is 0 Å². The van der Waals surface area contributed by atoms with Gasteiger partial charge in [0, 0.05) is 6.61 Å². The second-order valence-electron chi connectivity index (χ2n) is 3.14. The van der Waals surface area contributed by atoms with Gasteiger partial charge in [0.15, 0.2) is 5.82 Å². The zero-order chi connectivity index (χ0) is 12.2. The highest BCUT2D eigenvalue weighted by Gasteiger charge is 2.38. The molecule has 0 aliphatic carbocycles. The molecular weight excluding hydrogens is 227 g/mol. The molecule has 0 fully saturated rings. The summed E-state index contributed by atoms with van der Waals surface area (Å²) in [6.45, 7) is 2.45. The van der Waals surface area contributed by atoms with Crippen LogP contribution in [-0.4, -0.2) is 23.4 Å². The lowest BCUT2D eigenvalue weighted by atomic mass is 10.3. The summed E-state index contributed by atoms with van der Waals surface area (Å²) in [5.41, 5.74) is 5.52. The van der Waals surface area contributed by atoms with E-state index in [0.29, 0.717) is 6.61 Å². The smallest absolute Gasteiger partial charge is 0.379 e. The normalized spacial score (nSPS) is 14.1. The van der Waals surface area contributed by atoms with Crippen LogP contribution >= 0.6 is 0 Å². The average Bonchev–Trinajstić information content (AvgIpc) is 2.66. The first-order valence-corrected chi connectivity index (χ1v) is 4.69. The summed E-state index contributed by atoms with van der Waals surface area (Å²) in [6.07, 6.45) is -3.85. The second kappa shape index (κ2) is 5.26. The molecule has 0 radical (unpaired) electrons. The van der Waals surface area contributed by atoms with E-state index < -0.39 is 18.1 Å². The van der Waals surface area contributed by atoms with Gasteiger partial charge in [0.2, 0.25) is 0 Å². The SMILES string of the molecule is CCCOCC(N)c1noc(C(F)(F)F)n1. The topological polar surface area (TPSA) is 74.2 Å². The number of hydrogen-bond donors (Lipinski definition) is 1. The highest BCUT2D eigenvalue weighted by Crippen LogP contribution is 2.27. The maximum absolute atomic E-state index is 12.1. The predicted molar refractivity (Wildman–Crippen MR) is 47.3 cm³/mol. The van der Waals surface area contributed by atoms with Crippen molar-refractivity contribution in [2.24, 2.45) is 5.73 Å². The number of ether oxygens (including phenoxy) is 1. The van der Waals surface area contributed by atoms with Crippen LogP contribution in [0.5, 0.6) is 0 Å². The first-order valence-electron chi connectivity index (χ1n) is 4.69. The molecule has 0 aliphatic rings. The van der Waals surface area contributed by atoms with Crippen LogP contribution in [0.15, 0.2) is 4.52 Å². The van der Waals surface area contributed by atoms with Crippen LogP contribution in [0.3, 0.4) is 0 Å². The molecule has 8 heteroatoms. The van der Waals surface area contributed by atoms with Crippen molar-refractivity contribution in [3.05, 3.63) is 11.7 Å². The van der Waals surface area contributed by atoms with E-state index in [9.17, 15) is 13.2 Å². The van der Waals surface area contributed by atoms with E-state index in [2.05, 4.69) is 14.7 Å². The Morgan fingerprint density at radius 1 is 1.50 bits per heavy atom. The van der Waals surface area contributed by atoms with Gasteiger partial charge >= 0.3 is 12.1 Å². The van der Waals surface area contributed by atoms with E-state index in [1.165, 1.54) is 0 Å². The number of halogens is 3. The Kier molecular flexibility index (Phi) is 4.25. The van der Waals surface area contributed by atoms with E-state index in [4.69, 9.17) is 10.5 Å². The molecule has 1 unspecified atom stereocenters. The Labute approximate surface area is 89.8 Å². The molecule has 0 aliphatic heterocycles. The fourth-order valence-corrected chi connectivity index (χ4v) is 0.930. The largest absolute Gasteiger partial charge is 0.471 e. The van der Waals surface area contributed by atoms with E-state index in [1.807, 2.05) is 6.92 Å². The zero-order valence-electron chi connectivity index (χ0n) is 8.62. The summed E-state index contributed by atoms with van der Waals surface area (Å²) < 4.78 is 45.4. The van der Waals surface area contributed by atoms with Gasteiger partial charge in [-0.1, -0.05) is 12.1 Å². The first-order chi connectivity index (χ1) is 7.45. The van der Waals surface area contributed by atoms with Crippen molar-refractivity contribution in [2.75, 3.05) is 13.2 Å². The maximum atomic E-state index is 12.1. The minimum absolute atomic E-state index is 0.0602. The summed E-state index contributed by atoms with van der Waals surface area (Å²) in [5.74, 6) is -1.60. The molecule has 1 atom stereocenters. The van der Waals surface area contributed by atoms with Gasteiger partial charge in [0.05, 0.1) is 12.6 Å². The molecule has 16 heavy (non-hydrogen) atoms. The molecule has 5 nitrogen and oxygen atoms in total. The minimum atomic E-state index is -4.64. The molecule has 2 N–H and O–H groups in total. The van der Waals surface area contributed by atoms with Crippen LogP contribution in [0.4, 0.5) is 13.2 Å². The summed E-state index contributed by atoms with van der Waals surface area (Å²) >= 11 is 0. The third-order valence-electron chi connectivity index (χ3n) is 1.66. The van der Waals surface area contributed by atoms with Gasteiger partial charge in [0.1, 0.15) is 0 Å². The minimum Gasteiger partial charge on any atom is -0.379 e. The third-order valence-corrected chi connectivity index (χ3v) is 1.66. The van der Waals surface area contributed by atoms with Gasteiger partial charge in [-0.3, -0.25) is 0 Å². The lowest BCUT2D eigenvalue weighted by Crippen LogP contribution is -2.19. The standard InChI is InChI=1S/C8H12F3N3O2/c1-2-3-15-4-5(12)6-13-7(16-14-6)8(9,10)11/h5H,2-4,12H2,1H3. The number of aromatic nitrogens is 2. The van der Waals surface area contributed by atoms with Crippen LogP contribution in [0.2, 0.25) is 0 Å². The molecule has 1 rings (SSSR count). The summed E-state index contributed by atoms with van der Waals surface area (Å²) in [6, 6.07) is -0.814. The molecule has 1 heterocycles. The summed E-state index contributed by atoms with van der Waals surface area (Å²) in [7, 11) is 0. The zero-order valence-corrected chi connectivity index (χ0v) is 8.62. The van der Waals surface area contributed by atoms with Crippen LogP contribution < -0.4 is 5.73 Å². The van der Waals surface area contributed by atoms with Crippen LogP contribution in [0.25, 0.3) is 0 Å². The Hall–Kier alpha value is -1.15. The fourth-order valence-electron chi connectivity index (χ4n) is 0.930. The first kappa shape index (κ1) is 12.9. The number of alkyl halides is 3. The van der Waals surface area contributed by atoms with Gasteiger partial charge in [-0.05, 0) is 6.42 Å². The Balaban J connectivity index is 2.56. The van der Waals surface area contributed by atoms with Crippen LogP contribution in [-0.2, 0) is 10.9 Å². The van der Waals surface area contributed by atoms with Crippen molar-refractivity contribution in [3.63, 3.8) is 0 Å². The number of nitrogens with two attached hydrogens (primary N) is 1. The highest BCUT2D eigenvalue weighted by molar-refractivity contribution is 4.95. The van der Waals surface area contributed by atoms with Crippen molar-refractivity contribution in [1.29, 1.82) is 0 Å². The van der Waals surface area contributed by atoms with Gasteiger partial charge < -0.3 is 15.0 Å². The van der Waals surface area contributed by atoms with Gasteiger partial charge in [-0.25, -0.2) is 0 Å². The highest BCUT2D eigenvalue weighted by atomic mass is 19.4. The Bertz CT molecular complexity index is 327. The second-order valence-corrected chi connectivity index (χ2v) is 3.14. The van der Waals surface area contributed by atoms with Crippen molar-refractivity contribution in [2.45, 2.75) is 25.6 Å². The lowest BCUT2D eigenvalue weighted by Gasteiger charge is -2.06. The molecule has 1 aromatic rings. The van der Waals surface area contributed by atoms with Crippen molar-refractivity contribution >= 4 is 0 Å². The average molecular weight is 239 g/mol. The van der Waals surface area contributed by atoms with Gasteiger partial charge in [-0.2, -0.15) is 18.2 Å². The van der Waals surface area contributed by atoms with E-state index >= 15 is 0 Å². The van der Waals surface area contributed by atoms with Gasteiger partial charge in [-0.15, -0.1) is 0 Å². The molecule has 0 saturated carbocycles. The Morgan fingerprint density at radius 3 is 2.69 bits per heavy atom. The Morgan fingerprint density at radius 2 is 2.19 bits per heavy atom. The summed E-state index contributed by atoms with van der Waals surface area (Å²) in [5, 5.41) is 3.15. The van der Waals surface area contributed by atoms with E-state index in [-0.39, 0.29) is 12.4 Å². The van der Waals surface area contributed by atoms with Crippen molar-refractivity contribution < 1.29 is 22.4 Å².